The number of rotatable bonds is 10. The molecule has 0 spiro atoms. The third-order valence-electron chi connectivity index (χ3n) is 4.36. The summed E-state index contributed by atoms with van der Waals surface area (Å²) in [5, 5.41) is 9.68. The van der Waals surface area contributed by atoms with Gasteiger partial charge in [0.1, 0.15) is 0 Å². The second-order valence-electron chi connectivity index (χ2n) is 6.89. The summed E-state index contributed by atoms with van der Waals surface area (Å²) in [5.74, 6) is 0. The van der Waals surface area contributed by atoms with Gasteiger partial charge in [-0.25, -0.2) is 0 Å². The van der Waals surface area contributed by atoms with E-state index in [9.17, 15) is 0 Å². The van der Waals surface area contributed by atoms with Gasteiger partial charge in [0, 0.05) is 26.2 Å². The molecular weight excluding hydrogens is 304 g/mol. The van der Waals surface area contributed by atoms with Crippen molar-refractivity contribution in [3.8, 4) is 0 Å². The number of allylic oxidation sites excluding steroid dienone is 3. The van der Waals surface area contributed by atoms with Crippen LogP contribution in [0, 0.1) is 0 Å². The lowest BCUT2D eigenvalue weighted by Gasteiger charge is -2.09. The van der Waals surface area contributed by atoms with Gasteiger partial charge in [-0.3, -0.25) is 0 Å². The minimum Gasteiger partial charge on any atom is -0.312 e. The van der Waals surface area contributed by atoms with Gasteiger partial charge in [0.15, 0.2) is 0 Å². The fraction of sp³-hybridized carbons (Fsp3) is 0.391. The van der Waals surface area contributed by atoms with E-state index in [0.717, 1.165) is 39.0 Å². The molecule has 0 unspecified atom stereocenters. The zero-order chi connectivity index (χ0) is 17.9. The molecular formula is C23H32N2. The monoisotopic (exact) mass is 336 g/mol. The van der Waals surface area contributed by atoms with Crippen LogP contribution in [0.2, 0.25) is 0 Å². The van der Waals surface area contributed by atoms with Gasteiger partial charge in [-0.15, -0.1) is 0 Å². The van der Waals surface area contributed by atoms with Gasteiger partial charge >= 0.3 is 0 Å². The molecule has 0 aliphatic carbocycles. The summed E-state index contributed by atoms with van der Waals surface area (Å²) in [6.07, 6.45) is 6.93. The number of benzene rings is 2. The van der Waals surface area contributed by atoms with Crippen molar-refractivity contribution < 1.29 is 0 Å². The van der Waals surface area contributed by atoms with Crippen molar-refractivity contribution in [2.75, 3.05) is 19.6 Å². The van der Waals surface area contributed by atoms with Crippen molar-refractivity contribution in [2.45, 2.75) is 40.2 Å². The Morgan fingerprint density at radius 1 is 0.880 bits per heavy atom. The maximum absolute atomic E-state index is 3.54. The van der Waals surface area contributed by atoms with Gasteiger partial charge in [-0.05, 0) is 49.9 Å². The van der Waals surface area contributed by atoms with E-state index in [1.54, 1.807) is 0 Å². The molecule has 134 valence electrons. The number of hydrogen-bond acceptors (Lipinski definition) is 2. The Labute approximate surface area is 153 Å². The molecule has 0 atom stereocenters. The predicted octanol–water partition coefficient (Wildman–Crippen LogP) is 5.21. The maximum Gasteiger partial charge on any atom is 0.0212 e. The number of nitrogens with one attached hydrogen (secondary N) is 2. The highest BCUT2D eigenvalue weighted by atomic mass is 14.9. The number of hydrogen-bond donors (Lipinski definition) is 2. The SMILES string of the molecule is CC(C)=CCC/C(C)=C/CNCCNCc1cccc2ccccc12. The maximum atomic E-state index is 3.54. The van der Waals surface area contributed by atoms with Gasteiger partial charge in [-0.2, -0.15) is 0 Å². The lowest BCUT2D eigenvalue weighted by atomic mass is 10.0. The lowest BCUT2D eigenvalue weighted by Crippen LogP contribution is -2.27. The molecule has 0 aliphatic rings. The molecule has 0 radical (unpaired) electrons. The van der Waals surface area contributed by atoms with Gasteiger partial charge in [0.25, 0.3) is 0 Å². The van der Waals surface area contributed by atoms with Crippen LogP contribution in [0.1, 0.15) is 39.2 Å². The second-order valence-corrected chi connectivity index (χ2v) is 6.89. The minimum atomic E-state index is 0.917. The van der Waals surface area contributed by atoms with E-state index >= 15 is 0 Å². The van der Waals surface area contributed by atoms with Crippen molar-refractivity contribution >= 4 is 10.8 Å². The van der Waals surface area contributed by atoms with Crippen LogP contribution in [0.15, 0.2) is 65.8 Å². The zero-order valence-electron chi connectivity index (χ0n) is 15.9. The first-order valence-corrected chi connectivity index (χ1v) is 9.34. The summed E-state index contributed by atoms with van der Waals surface area (Å²) in [4.78, 5) is 0. The van der Waals surface area contributed by atoms with Crippen LogP contribution in [0.4, 0.5) is 0 Å². The molecule has 2 aromatic carbocycles. The van der Waals surface area contributed by atoms with Crippen LogP contribution in [0.5, 0.6) is 0 Å². The van der Waals surface area contributed by atoms with Crippen LogP contribution < -0.4 is 10.6 Å². The fourth-order valence-electron chi connectivity index (χ4n) is 2.89. The average molecular weight is 337 g/mol. The topological polar surface area (TPSA) is 24.1 Å². The molecule has 0 saturated heterocycles. The molecule has 0 aliphatic heterocycles. The first-order valence-electron chi connectivity index (χ1n) is 9.34. The highest BCUT2D eigenvalue weighted by Gasteiger charge is 1.99. The highest BCUT2D eigenvalue weighted by molar-refractivity contribution is 5.85. The Balaban J connectivity index is 1.62. The van der Waals surface area contributed by atoms with E-state index in [1.165, 1.54) is 27.5 Å². The quantitative estimate of drug-likeness (QED) is 0.459. The summed E-state index contributed by atoms with van der Waals surface area (Å²) in [5.41, 5.74) is 4.24. The Morgan fingerprint density at radius 2 is 1.64 bits per heavy atom. The number of fused-ring (bicyclic) bond motifs is 1. The van der Waals surface area contributed by atoms with Crippen LogP contribution in [0.25, 0.3) is 10.8 Å². The first kappa shape index (κ1) is 19.4. The van der Waals surface area contributed by atoms with Crippen molar-refractivity contribution in [2.24, 2.45) is 0 Å². The summed E-state index contributed by atoms with van der Waals surface area (Å²) in [6, 6.07) is 15.1. The Morgan fingerprint density at radius 3 is 2.48 bits per heavy atom. The van der Waals surface area contributed by atoms with Crippen molar-refractivity contribution in [1.29, 1.82) is 0 Å². The first-order chi connectivity index (χ1) is 12.2. The lowest BCUT2D eigenvalue weighted by molar-refractivity contribution is 0.636. The summed E-state index contributed by atoms with van der Waals surface area (Å²) in [7, 11) is 0. The zero-order valence-corrected chi connectivity index (χ0v) is 15.9. The van der Waals surface area contributed by atoms with Gasteiger partial charge in [0.05, 0.1) is 0 Å². The molecule has 2 heteroatoms. The van der Waals surface area contributed by atoms with E-state index in [-0.39, 0.29) is 0 Å². The third-order valence-corrected chi connectivity index (χ3v) is 4.36. The Bertz CT molecular complexity index is 704. The summed E-state index contributed by atoms with van der Waals surface area (Å²) >= 11 is 0. The van der Waals surface area contributed by atoms with Crippen LogP contribution in [-0.4, -0.2) is 19.6 Å². The van der Waals surface area contributed by atoms with Crippen molar-refractivity contribution in [1.82, 2.24) is 10.6 Å². The largest absolute Gasteiger partial charge is 0.312 e. The van der Waals surface area contributed by atoms with Gasteiger partial charge in [-0.1, -0.05) is 65.8 Å². The molecule has 2 N–H and O–H groups in total. The van der Waals surface area contributed by atoms with Gasteiger partial charge in [0.2, 0.25) is 0 Å². The summed E-state index contributed by atoms with van der Waals surface area (Å²) in [6.45, 7) is 10.4. The van der Waals surface area contributed by atoms with Crippen LogP contribution >= 0.6 is 0 Å². The molecule has 25 heavy (non-hydrogen) atoms. The van der Waals surface area contributed by atoms with Crippen molar-refractivity contribution in [3.05, 3.63) is 71.3 Å². The molecule has 0 aromatic heterocycles. The predicted molar refractivity (Wildman–Crippen MR) is 111 cm³/mol. The molecule has 0 saturated carbocycles. The van der Waals surface area contributed by atoms with E-state index in [0.29, 0.717) is 0 Å². The second kappa shape index (κ2) is 10.9. The third kappa shape index (κ3) is 7.25. The summed E-state index contributed by atoms with van der Waals surface area (Å²) < 4.78 is 0. The average Bonchev–Trinajstić information content (AvgIpc) is 2.60. The standard InChI is InChI=1S/C23H32N2/c1-19(2)8-6-9-20(3)14-15-24-16-17-25-18-22-12-7-11-21-10-4-5-13-23(21)22/h4-5,7-8,10-14,24-25H,6,9,15-18H2,1-3H3/b20-14+. The van der Waals surface area contributed by atoms with E-state index in [4.69, 9.17) is 0 Å². The normalized spacial score (nSPS) is 11.7. The molecule has 2 rings (SSSR count). The fourth-order valence-corrected chi connectivity index (χ4v) is 2.89. The molecule has 2 aromatic rings. The van der Waals surface area contributed by atoms with Crippen molar-refractivity contribution in [3.63, 3.8) is 0 Å². The smallest absolute Gasteiger partial charge is 0.0212 e. The molecule has 0 amide bonds. The molecule has 0 fully saturated rings. The van der Waals surface area contributed by atoms with Crippen LogP contribution in [-0.2, 0) is 6.54 Å². The van der Waals surface area contributed by atoms with Crippen LogP contribution in [0.3, 0.4) is 0 Å². The van der Waals surface area contributed by atoms with Gasteiger partial charge < -0.3 is 10.6 Å². The van der Waals surface area contributed by atoms with E-state index in [2.05, 4.69) is 86.0 Å². The molecule has 0 heterocycles. The Hall–Kier alpha value is -1.90. The highest BCUT2D eigenvalue weighted by Crippen LogP contribution is 2.18. The molecule has 2 nitrogen and oxygen atoms in total. The Kier molecular flexibility index (Phi) is 8.44. The minimum absolute atomic E-state index is 0.917. The van der Waals surface area contributed by atoms with E-state index in [1.807, 2.05) is 0 Å². The van der Waals surface area contributed by atoms with E-state index < -0.39 is 0 Å². The molecule has 0 bridgehead atoms.